The lowest BCUT2D eigenvalue weighted by molar-refractivity contribution is -0.385. The molecule has 0 spiro atoms. The van der Waals surface area contributed by atoms with E-state index < -0.39 is 40.2 Å². The number of nitrogens with zero attached hydrogens (tertiary/aromatic N) is 2. The summed E-state index contributed by atoms with van der Waals surface area (Å²) < 4.78 is 45.4. The molecule has 0 radical (unpaired) electrons. The number of alkyl halides is 3. The summed E-state index contributed by atoms with van der Waals surface area (Å²) in [7, 11) is 0. The number of ether oxygens (including phenoxy) is 2. The SMILES string of the molecule is N#CC(C(=O)OCc1ccccc1)c1ccc(OC(F)(F)F)cc1[N+](=O)[O-]. The maximum Gasteiger partial charge on any atom is 0.573 e. The average molecular weight is 380 g/mol. The monoisotopic (exact) mass is 380 g/mol. The van der Waals surface area contributed by atoms with Crippen molar-refractivity contribution in [1.82, 2.24) is 0 Å². The van der Waals surface area contributed by atoms with Crippen LogP contribution in [-0.4, -0.2) is 17.3 Å². The van der Waals surface area contributed by atoms with Gasteiger partial charge in [-0.25, -0.2) is 0 Å². The van der Waals surface area contributed by atoms with Gasteiger partial charge in [-0.15, -0.1) is 13.2 Å². The maximum absolute atomic E-state index is 12.3. The maximum atomic E-state index is 12.3. The van der Waals surface area contributed by atoms with Crippen molar-refractivity contribution >= 4 is 11.7 Å². The second-order valence-electron chi connectivity index (χ2n) is 5.18. The van der Waals surface area contributed by atoms with Gasteiger partial charge in [-0.2, -0.15) is 5.26 Å². The second-order valence-corrected chi connectivity index (χ2v) is 5.18. The van der Waals surface area contributed by atoms with E-state index in [0.717, 1.165) is 12.1 Å². The molecule has 0 aliphatic rings. The summed E-state index contributed by atoms with van der Waals surface area (Å²) in [6.45, 7) is -0.166. The van der Waals surface area contributed by atoms with Crippen LogP contribution in [0.25, 0.3) is 0 Å². The molecule has 0 aliphatic heterocycles. The minimum absolute atomic E-state index is 0.166. The van der Waals surface area contributed by atoms with Gasteiger partial charge in [-0.05, 0) is 17.7 Å². The van der Waals surface area contributed by atoms with Gasteiger partial charge in [0.15, 0.2) is 5.92 Å². The van der Waals surface area contributed by atoms with Crippen molar-refractivity contribution in [2.75, 3.05) is 0 Å². The van der Waals surface area contributed by atoms with Crippen molar-refractivity contribution in [2.45, 2.75) is 18.9 Å². The highest BCUT2D eigenvalue weighted by Gasteiger charge is 2.34. The number of hydrogen-bond acceptors (Lipinski definition) is 6. The molecule has 10 heteroatoms. The molecule has 0 saturated carbocycles. The van der Waals surface area contributed by atoms with Crippen molar-refractivity contribution in [1.29, 1.82) is 5.26 Å². The normalized spacial score (nSPS) is 11.9. The van der Waals surface area contributed by atoms with Gasteiger partial charge in [0.1, 0.15) is 12.4 Å². The first kappa shape index (κ1) is 19.7. The molecular formula is C17H11F3N2O5. The molecule has 0 bridgehead atoms. The molecule has 0 heterocycles. The van der Waals surface area contributed by atoms with Crippen LogP contribution in [0.2, 0.25) is 0 Å². The van der Waals surface area contributed by atoms with Crippen molar-refractivity contribution in [3.63, 3.8) is 0 Å². The minimum atomic E-state index is -5.04. The summed E-state index contributed by atoms with van der Waals surface area (Å²) in [5.41, 5.74) is -0.624. The Balaban J connectivity index is 2.25. The Labute approximate surface area is 150 Å². The fraction of sp³-hybridized carbons (Fsp3) is 0.176. The molecular weight excluding hydrogens is 369 g/mol. The topological polar surface area (TPSA) is 102 Å². The molecule has 140 valence electrons. The third kappa shape index (κ3) is 5.43. The molecule has 0 fully saturated rings. The van der Waals surface area contributed by atoms with E-state index in [9.17, 15) is 33.3 Å². The van der Waals surface area contributed by atoms with E-state index in [1.807, 2.05) is 0 Å². The van der Waals surface area contributed by atoms with E-state index in [1.165, 1.54) is 0 Å². The quantitative estimate of drug-likeness (QED) is 0.429. The van der Waals surface area contributed by atoms with Gasteiger partial charge in [0.05, 0.1) is 22.6 Å². The molecule has 7 nitrogen and oxygen atoms in total. The lowest BCUT2D eigenvalue weighted by Gasteiger charge is -2.13. The van der Waals surface area contributed by atoms with Gasteiger partial charge in [0.25, 0.3) is 5.69 Å². The lowest BCUT2D eigenvalue weighted by atomic mass is 9.98. The fourth-order valence-electron chi connectivity index (χ4n) is 2.18. The van der Waals surface area contributed by atoms with E-state index in [-0.39, 0.29) is 6.61 Å². The first-order chi connectivity index (χ1) is 12.7. The van der Waals surface area contributed by atoms with Crippen LogP contribution in [-0.2, 0) is 16.1 Å². The summed E-state index contributed by atoms with van der Waals surface area (Å²) in [6, 6.07) is 12.2. The van der Waals surface area contributed by atoms with Crippen LogP contribution < -0.4 is 4.74 Å². The highest BCUT2D eigenvalue weighted by atomic mass is 19.4. The largest absolute Gasteiger partial charge is 0.573 e. The zero-order chi connectivity index (χ0) is 20.0. The lowest BCUT2D eigenvalue weighted by Crippen LogP contribution is -2.18. The molecule has 0 N–H and O–H groups in total. The number of hydrogen-bond donors (Lipinski definition) is 0. The molecule has 27 heavy (non-hydrogen) atoms. The van der Waals surface area contributed by atoms with E-state index >= 15 is 0 Å². The van der Waals surface area contributed by atoms with Gasteiger partial charge in [0, 0.05) is 0 Å². The highest BCUT2D eigenvalue weighted by molar-refractivity contribution is 5.83. The van der Waals surface area contributed by atoms with E-state index in [2.05, 4.69) is 4.74 Å². The van der Waals surface area contributed by atoms with Gasteiger partial charge < -0.3 is 9.47 Å². The number of halogens is 3. The van der Waals surface area contributed by atoms with E-state index in [0.29, 0.717) is 11.6 Å². The van der Waals surface area contributed by atoms with Crippen molar-refractivity contribution in [3.05, 3.63) is 69.8 Å². The van der Waals surface area contributed by atoms with Gasteiger partial charge >= 0.3 is 12.3 Å². The molecule has 2 rings (SSSR count). The van der Waals surface area contributed by atoms with Crippen molar-refractivity contribution < 1.29 is 32.4 Å². The van der Waals surface area contributed by atoms with Crippen LogP contribution >= 0.6 is 0 Å². The van der Waals surface area contributed by atoms with Crippen molar-refractivity contribution in [2.24, 2.45) is 0 Å². The third-order valence-corrected chi connectivity index (χ3v) is 3.33. The minimum Gasteiger partial charge on any atom is -0.460 e. The highest BCUT2D eigenvalue weighted by Crippen LogP contribution is 2.33. The zero-order valence-electron chi connectivity index (χ0n) is 13.5. The second kappa shape index (κ2) is 8.18. The van der Waals surface area contributed by atoms with Crippen LogP contribution in [0.4, 0.5) is 18.9 Å². The first-order valence-electron chi connectivity index (χ1n) is 7.35. The molecule has 0 amide bonds. The summed E-state index contributed by atoms with van der Waals surface area (Å²) in [5, 5.41) is 20.4. The summed E-state index contributed by atoms with van der Waals surface area (Å²) in [5.74, 6) is -3.59. The first-order valence-corrected chi connectivity index (χ1v) is 7.35. The summed E-state index contributed by atoms with van der Waals surface area (Å²) >= 11 is 0. The Kier molecular flexibility index (Phi) is 5.97. The average Bonchev–Trinajstić information content (AvgIpc) is 2.61. The Morgan fingerprint density at radius 2 is 1.89 bits per heavy atom. The van der Waals surface area contributed by atoms with Crippen LogP contribution in [0.3, 0.4) is 0 Å². The predicted molar refractivity (Wildman–Crippen MR) is 84.4 cm³/mol. The molecule has 2 aromatic rings. The number of nitriles is 1. The van der Waals surface area contributed by atoms with Crippen molar-refractivity contribution in [3.8, 4) is 11.8 Å². The number of rotatable bonds is 6. The number of carbonyl (C=O) groups excluding carboxylic acids is 1. The number of nitro benzene ring substituents is 1. The third-order valence-electron chi connectivity index (χ3n) is 3.33. The Morgan fingerprint density at radius 3 is 2.44 bits per heavy atom. The number of nitro groups is 1. The van der Waals surface area contributed by atoms with Gasteiger partial charge in [-0.3, -0.25) is 14.9 Å². The molecule has 0 aliphatic carbocycles. The molecule has 0 saturated heterocycles. The fourth-order valence-corrected chi connectivity index (χ4v) is 2.18. The summed E-state index contributed by atoms with van der Waals surface area (Å²) in [6.07, 6.45) is -5.04. The Hall–Kier alpha value is -3.61. The molecule has 1 unspecified atom stereocenters. The van der Waals surface area contributed by atoms with Crippen LogP contribution in [0, 0.1) is 21.4 Å². The predicted octanol–water partition coefficient (Wildman–Crippen LogP) is 3.84. The molecule has 1 atom stereocenters. The Morgan fingerprint density at radius 1 is 1.22 bits per heavy atom. The van der Waals surface area contributed by atoms with Crippen LogP contribution in [0.5, 0.6) is 5.75 Å². The van der Waals surface area contributed by atoms with Gasteiger partial charge in [-0.1, -0.05) is 30.3 Å². The van der Waals surface area contributed by atoms with E-state index in [1.54, 1.807) is 36.4 Å². The molecule has 0 aromatic heterocycles. The summed E-state index contributed by atoms with van der Waals surface area (Å²) in [4.78, 5) is 22.3. The smallest absolute Gasteiger partial charge is 0.460 e. The number of carbonyl (C=O) groups is 1. The number of benzene rings is 2. The van der Waals surface area contributed by atoms with Crippen LogP contribution in [0.1, 0.15) is 17.0 Å². The van der Waals surface area contributed by atoms with E-state index in [4.69, 9.17) is 4.74 Å². The van der Waals surface area contributed by atoms with Gasteiger partial charge in [0.2, 0.25) is 0 Å². The zero-order valence-corrected chi connectivity index (χ0v) is 13.5. The Bertz CT molecular complexity index is 878. The standard InChI is InChI=1S/C17H11F3N2O5/c18-17(19,20)27-12-6-7-13(15(8-12)22(24)25)14(9-21)16(23)26-10-11-4-2-1-3-5-11/h1-8,14H,10H2. The molecule has 2 aromatic carbocycles. The number of esters is 1. The van der Waals surface area contributed by atoms with Crippen LogP contribution in [0.15, 0.2) is 48.5 Å².